The molecule has 0 aliphatic carbocycles. The zero-order valence-corrected chi connectivity index (χ0v) is 7.74. The summed E-state index contributed by atoms with van der Waals surface area (Å²) in [6, 6.07) is 0. The number of nitrogens with one attached hydrogen (secondary N) is 1. The molecule has 13 heavy (non-hydrogen) atoms. The van der Waals surface area contributed by atoms with Gasteiger partial charge >= 0.3 is 5.97 Å². The van der Waals surface area contributed by atoms with Gasteiger partial charge in [-0.2, -0.15) is 0 Å². The molecule has 0 spiro atoms. The molecule has 1 heterocycles. The molecule has 1 saturated heterocycles. The van der Waals surface area contributed by atoms with Gasteiger partial charge in [-0.05, 0) is 12.5 Å². The molecule has 0 unspecified atom stereocenters. The highest BCUT2D eigenvalue weighted by atomic mass is 35.5. The number of hydrogen-bond donors (Lipinski definition) is 2. The van der Waals surface area contributed by atoms with Crippen LogP contribution in [-0.2, 0) is 4.79 Å². The van der Waals surface area contributed by atoms with Crippen molar-refractivity contribution < 1.29 is 18.7 Å². The summed E-state index contributed by atoms with van der Waals surface area (Å²) >= 11 is 0. The van der Waals surface area contributed by atoms with Crippen molar-refractivity contribution in [1.29, 1.82) is 0 Å². The van der Waals surface area contributed by atoms with Crippen molar-refractivity contribution >= 4 is 18.4 Å². The quantitative estimate of drug-likeness (QED) is 0.726. The van der Waals surface area contributed by atoms with E-state index < -0.39 is 17.8 Å². The number of alkyl halides is 2. The number of carboxylic acid groups (broad SMARTS) is 1. The van der Waals surface area contributed by atoms with Crippen molar-refractivity contribution in [3.05, 3.63) is 0 Å². The maximum atomic E-state index is 12.6. The summed E-state index contributed by atoms with van der Waals surface area (Å²) in [5.74, 6) is -4.19. The van der Waals surface area contributed by atoms with E-state index in [1.54, 1.807) is 0 Å². The van der Waals surface area contributed by atoms with Gasteiger partial charge in [0.05, 0.1) is 6.54 Å². The molecule has 2 N–H and O–H groups in total. The van der Waals surface area contributed by atoms with Crippen LogP contribution in [0, 0.1) is 5.92 Å². The fourth-order valence-electron chi connectivity index (χ4n) is 1.42. The van der Waals surface area contributed by atoms with Gasteiger partial charge < -0.3 is 10.4 Å². The van der Waals surface area contributed by atoms with Crippen LogP contribution in [0.3, 0.4) is 0 Å². The molecule has 0 aromatic carbocycles. The van der Waals surface area contributed by atoms with Crippen molar-refractivity contribution in [3.8, 4) is 0 Å². The molecule has 1 aliphatic rings. The third kappa shape index (κ3) is 4.38. The van der Waals surface area contributed by atoms with Crippen LogP contribution in [0.25, 0.3) is 0 Å². The molecule has 0 bridgehead atoms. The van der Waals surface area contributed by atoms with E-state index in [0.29, 0.717) is 6.54 Å². The van der Waals surface area contributed by atoms with Crippen LogP contribution in [0.5, 0.6) is 0 Å². The molecule has 6 heteroatoms. The lowest BCUT2D eigenvalue weighted by atomic mass is 9.94. The number of hydrogen-bond acceptors (Lipinski definition) is 2. The highest BCUT2D eigenvalue weighted by Gasteiger charge is 2.36. The predicted molar refractivity (Wildman–Crippen MR) is 45.4 cm³/mol. The average Bonchev–Trinajstić information content (AvgIpc) is 1.82. The molecular weight excluding hydrogens is 204 g/mol. The van der Waals surface area contributed by atoms with E-state index in [-0.39, 0.29) is 31.8 Å². The van der Waals surface area contributed by atoms with Crippen molar-refractivity contribution in [2.24, 2.45) is 5.92 Å². The Hall–Kier alpha value is -0.420. The van der Waals surface area contributed by atoms with Crippen molar-refractivity contribution in [3.63, 3.8) is 0 Å². The monoisotopic (exact) mass is 215 g/mol. The Morgan fingerprint density at radius 3 is 2.69 bits per heavy atom. The Kier molecular flexibility index (Phi) is 4.56. The zero-order valence-electron chi connectivity index (χ0n) is 6.93. The van der Waals surface area contributed by atoms with Gasteiger partial charge in [0.1, 0.15) is 0 Å². The average molecular weight is 216 g/mol. The summed E-state index contributed by atoms with van der Waals surface area (Å²) in [5, 5.41) is 10.9. The number of piperidine rings is 1. The summed E-state index contributed by atoms with van der Waals surface area (Å²) in [5.41, 5.74) is 0. The Morgan fingerprint density at radius 1 is 1.62 bits per heavy atom. The molecular formula is C7H12ClF2NO2. The van der Waals surface area contributed by atoms with E-state index in [1.165, 1.54) is 0 Å². The molecule has 0 aromatic heterocycles. The summed E-state index contributed by atoms with van der Waals surface area (Å²) in [4.78, 5) is 10.2. The largest absolute Gasteiger partial charge is 0.481 e. The van der Waals surface area contributed by atoms with Crippen LogP contribution in [-0.4, -0.2) is 30.1 Å². The first kappa shape index (κ1) is 12.6. The van der Waals surface area contributed by atoms with Gasteiger partial charge in [0.25, 0.3) is 5.92 Å². The highest BCUT2D eigenvalue weighted by molar-refractivity contribution is 5.85. The van der Waals surface area contributed by atoms with E-state index in [1.807, 2.05) is 0 Å². The first-order chi connectivity index (χ1) is 5.49. The Balaban J connectivity index is 0.00000144. The van der Waals surface area contributed by atoms with Gasteiger partial charge in [-0.15, -0.1) is 12.4 Å². The van der Waals surface area contributed by atoms with Gasteiger partial charge in [-0.3, -0.25) is 4.79 Å². The molecule has 78 valence electrons. The molecule has 0 aromatic rings. The molecule has 0 saturated carbocycles. The fraction of sp³-hybridized carbons (Fsp3) is 0.857. The Labute approximate surface area is 80.9 Å². The number of halogens is 3. The van der Waals surface area contributed by atoms with Gasteiger partial charge in [-0.1, -0.05) is 0 Å². The second-order valence-corrected chi connectivity index (χ2v) is 3.15. The lowest BCUT2D eigenvalue weighted by Gasteiger charge is -2.28. The van der Waals surface area contributed by atoms with Crippen molar-refractivity contribution in [1.82, 2.24) is 5.32 Å². The van der Waals surface area contributed by atoms with E-state index in [2.05, 4.69) is 5.32 Å². The Morgan fingerprint density at radius 2 is 2.23 bits per heavy atom. The smallest absolute Gasteiger partial charge is 0.303 e. The number of carboxylic acids is 1. The van der Waals surface area contributed by atoms with Crippen LogP contribution < -0.4 is 5.32 Å². The summed E-state index contributed by atoms with van der Waals surface area (Å²) < 4.78 is 25.3. The first-order valence-corrected chi connectivity index (χ1v) is 3.80. The topological polar surface area (TPSA) is 49.3 Å². The fourth-order valence-corrected chi connectivity index (χ4v) is 1.42. The van der Waals surface area contributed by atoms with Crippen molar-refractivity contribution in [2.45, 2.75) is 18.8 Å². The third-order valence-electron chi connectivity index (χ3n) is 1.87. The van der Waals surface area contributed by atoms with Crippen LogP contribution >= 0.6 is 12.4 Å². The lowest BCUT2D eigenvalue weighted by Crippen LogP contribution is -2.44. The van der Waals surface area contributed by atoms with Crippen LogP contribution in [0.15, 0.2) is 0 Å². The van der Waals surface area contributed by atoms with Gasteiger partial charge in [0.15, 0.2) is 0 Å². The minimum absolute atomic E-state index is 0. The van der Waals surface area contributed by atoms with E-state index in [4.69, 9.17) is 5.11 Å². The van der Waals surface area contributed by atoms with Gasteiger partial charge in [0.2, 0.25) is 0 Å². The zero-order chi connectivity index (χ0) is 9.19. The molecule has 0 radical (unpaired) electrons. The summed E-state index contributed by atoms with van der Waals surface area (Å²) in [6.07, 6.45) is -0.491. The molecule has 1 rings (SSSR count). The molecule has 3 nitrogen and oxygen atoms in total. The third-order valence-corrected chi connectivity index (χ3v) is 1.87. The van der Waals surface area contributed by atoms with Gasteiger partial charge in [0, 0.05) is 12.8 Å². The van der Waals surface area contributed by atoms with Gasteiger partial charge in [-0.25, -0.2) is 8.78 Å². The van der Waals surface area contributed by atoms with E-state index >= 15 is 0 Å². The molecule has 0 amide bonds. The maximum absolute atomic E-state index is 12.6. The molecule has 1 fully saturated rings. The summed E-state index contributed by atoms with van der Waals surface area (Å²) in [6.45, 7) is 0.0466. The van der Waals surface area contributed by atoms with E-state index in [9.17, 15) is 13.6 Å². The second-order valence-electron chi connectivity index (χ2n) is 3.15. The number of rotatable bonds is 2. The SMILES string of the molecule is Cl.O=C(O)C[C@@H]1CNCC(F)(F)C1. The molecule has 1 atom stereocenters. The normalized spacial score (nSPS) is 26.2. The minimum Gasteiger partial charge on any atom is -0.481 e. The first-order valence-electron chi connectivity index (χ1n) is 3.80. The van der Waals surface area contributed by atoms with Crippen LogP contribution in [0.2, 0.25) is 0 Å². The minimum atomic E-state index is -2.74. The second kappa shape index (κ2) is 4.72. The standard InChI is InChI=1S/C7H11F2NO2.ClH/c8-7(9)2-5(1-6(11)12)3-10-4-7;/h5,10H,1-4H2,(H,11,12);1H/t5-;/m0./s1. The van der Waals surface area contributed by atoms with Crippen LogP contribution in [0.4, 0.5) is 8.78 Å². The number of aliphatic carboxylic acids is 1. The summed E-state index contributed by atoms with van der Waals surface area (Å²) in [7, 11) is 0. The molecule has 1 aliphatic heterocycles. The highest BCUT2D eigenvalue weighted by Crippen LogP contribution is 2.27. The predicted octanol–water partition coefficient (Wildman–Crippen LogP) is 1.13. The lowest BCUT2D eigenvalue weighted by molar-refractivity contribution is -0.139. The Bertz CT molecular complexity index is 189. The maximum Gasteiger partial charge on any atom is 0.303 e. The van der Waals surface area contributed by atoms with E-state index in [0.717, 1.165) is 0 Å². The van der Waals surface area contributed by atoms with Crippen LogP contribution in [0.1, 0.15) is 12.8 Å². The number of carbonyl (C=O) groups is 1. The van der Waals surface area contributed by atoms with Crippen molar-refractivity contribution in [2.75, 3.05) is 13.1 Å².